The van der Waals surface area contributed by atoms with E-state index in [1.807, 2.05) is 0 Å². The molecule has 0 aliphatic carbocycles. The van der Waals surface area contributed by atoms with Crippen LogP contribution in [0.15, 0.2) is 22.7 Å². The van der Waals surface area contributed by atoms with Gasteiger partial charge in [-0.3, -0.25) is 0 Å². The van der Waals surface area contributed by atoms with Crippen molar-refractivity contribution in [3.8, 4) is 5.75 Å². The smallest absolute Gasteiger partial charge is 0.156 e. The van der Waals surface area contributed by atoms with Gasteiger partial charge in [-0.15, -0.1) is 0 Å². The van der Waals surface area contributed by atoms with E-state index < -0.39 is 9.84 Å². The van der Waals surface area contributed by atoms with Gasteiger partial charge in [0.1, 0.15) is 5.75 Å². The first kappa shape index (κ1) is 12.5. The molecule has 0 aromatic heterocycles. The lowest BCUT2D eigenvalue weighted by molar-refractivity contribution is 0.471. The maximum Gasteiger partial charge on any atom is 0.156 e. The van der Waals surface area contributed by atoms with Crippen LogP contribution in [0.5, 0.6) is 5.75 Å². The first-order chi connectivity index (χ1) is 6.83. The Morgan fingerprint density at radius 3 is 2.47 bits per heavy atom. The van der Waals surface area contributed by atoms with Crippen LogP contribution >= 0.6 is 15.9 Å². The summed E-state index contributed by atoms with van der Waals surface area (Å²) in [5.74, 6) is 0.115. The van der Waals surface area contributed by atoms with E-state index in [0.717, 1.165) is 0 Å². The number of benzene rings is 1. The molecule has 0 bridgehead atoms. The van der Waals surface area contributed by atoms with Gasteiger partial charge >= 0.3 is 0 Å². The Hall–Kier alpha value is -0.550. The van der Waals surface area contributed by atoms with Crippen LogP contribution in [-0.2, 0) is 15.6 Å². The molecule has 0 aliphatic rings. The van der Waals surface area contributed by atoms with Crippen molar-refractivity contribution in [2.24, 2.45) is 0 Å². The van der Waals surface area contributed by atoms with Gasteiger partial charge in [0.2, 0.25) is 0 Å². The zero-order valence-electron chi connectivity index (χ0n) is 8.57. The van der Waals surface area contributed by atoms with Crippen LogP contribution in [0.1, 0.15) is 19.4 Å². The van der Waals surface area contributed by atoms with Crippen LogP contribution in [0.3, 0.4) is 0 Å². The predicted molar refractivity (Wildman–Crippen MR) is 63.6 cm³/mol. The van der Waals surface area contributed by atoms with Gasteiger partial charge < -0.3 is 5.11 Å². The molecule has 0 heterocycles. The summed E-state index contributed by atoms with van der Waals surface area (Å²) in [4.78, 5) is 0. The zero-order chi connectivity index (χ0) is 11.6. The van der Waals surface area contributed by atoms with E-state index in [1.165, 1.54) is 6.07 Å². The summed E-state index contributed by atoms with van der Waals surface area (Å²) in [7, 11) is -3.08. The Morgan fingerprint density at radius 2 is 2.00 bits per heavy atom. The lowest BCUT2D eigenvalue weighted by Crippen LogP contribution is -2.15. The van der Waals surface area contributed by atoms with E-state index in [-0.39, 0.29) is 16.8 Å². The Morgan fingerprint density at radius 1 is 1.40 bits per heavy atom. The van der Waals surface area contributed by atoms with Crippen LogP contribution in [0.25, 0.3) is 0 Å². The molecule has 1 N–H and O–H groups in total. The van der Waals surface area contributed by atoms with Gasteiger partial charge in [-0.2, -0.15) is 0 Å². The molecular weight excluding hydrogens is 280 g/mol. The first-order valence-corrected chi connectivity index (χ1v) is 7.03. The van der Waals surface area contributed by atoms with Crippen molar-refractivity contribution in [2.45, 2.75) is 24.9 Å². The number of aromatic hydroxyl groups is 1. The van der Waals surface area contributed by atoms with Gasteiger partial charge in [-0.1, -0.05) is 6.07 Å². The van der Waals surface area contributed by atoms with Crippen LogP contribution in [-0.4, -0.2) is 18.8 Å². The number of rotatable bonds is 3. The molecule has 1 rings (SSSR count). The monoisotopic (exact) mass is 292 g/mol. The third-order valence-corrected chi connectivity index (χ3v) is 4.91. The molecule has 1 aromatic rings. The second-order valence-corrected chi connectivity index (χ2v) is 7.05. The van der Waals surface area contributed by atoms with Gasteiger partial charge in [0.15, 0.2) is 9.84 Å². The van der Waals surface area contributed by atoms with E-state index in [0.29, 0.717) is 10.0 Å². The maximum atomic E-state index is 11.6. The Balaban J connectivity index is 2.96. The van der Waals surface area contributed by atoms with Crippen molar-refractivity contribution in [1.82, 2.24) is 0 Å². The fourth-order valence-electron chi connectivity index (χ4n) is 1.04. The SMILES string of the molecule is CC(C)S(=O)(=O)Cc1ccc(O)c(Br)c1. The van der Waals surface area contributed by atoms with Crippen molar-refractivity contribution in [3.63, 3.8) is 0 Å². The highest BCUT2D eigenvalue weighted by atomic mass is 79.9. The number of phenolic OH excluding ortho intramolecular Hbond substituents is 1. The van der Waals surface area contributed by atoms with Gasteiger partial charge in [-0.25, -0.2) is 8.42 Å². The van der Waals surface area contributed by atoms with Crippen molar-refractivity contribution in [1.29, 1.82) is 0 Å². The Bertz CT molecular complexity index is 452. The minimum atomic E-state index is -3.08. The van der Waals surface area contributed by atoms with Crippen molar-refractivity contribution >= 4 is 25.8 Å². The lowest BCUT2D eigenvalue weighted by Gasteiger charge is -2.08. The number of hydrogen-bond donors (Lipinski definition) is 1. The lowest BCUT2D eigenvalue weighted by atomic mass is 10.2. The summed E-state index contributed by atoms with van der Waals surface area (Å²) in [6, 6.07) is 4.71. The number of phenols is 1. The van der Waals surface area contributed by atoms with Crippen molar-refractivity contribution in [2.75, 3.05) is 0 Å². The van der Waals surface area contributed by atoms with E-state index in [2.05, 4.69) is 15.9 Å². The van der Waals surface area contributed by atoms with Crippen molar-refractivity contribution < 1.29 is 13.5 Å². The molecule has 15 heavy (non-hydrogen) atoms. The number of halogens is 1. The molecule has 0 saturated heterocycles. The molecule has 5 heteroatoms. The minimum absolute atomic E-state index is 0.00352. The molecule has 0 spiro atoms. The van der Waals surface area contributed by atoms with Gasteiger partial charge in [0.05, 0.1) is 15.5 Å². The third kappa shape index (κ3) is 3.21. The standard InChI is InChI=1S/C10H13BrO3S/c1-7(2)15(13,14)6-8-3-4-10(12)9(11)5-8/h3-5,7,12H,6H2,1-2H3. The van der Waals surface area contributed by atoms with Crippen molar-refractivity contribution in [3.05, 3.63) is 28.2 Å². The molecule has 0 fully saturated rings. The largest absolute Gasteiger partial charge is 0.507 e. The van der Waals surface area contributed by atoms with Crippen LogP contribution < -0.4 is 0 Å². The summed E-state index contributed by atoms with van der Waals surface area (Å²) in [5.41, 5.74) is 0.674. The molecule has 0 amide bonds. The molecular formula is C10H13BrO3S. The molecule has 0 saturated carbocycles. The molecule has 0 aliphatic heterocycles. The number of sulfone groups is 1. The highest BCUT2D eigenvalue weighted by Crippen LogP contribution is 2.25. The van der Waals surface area contributed by atoms with Crippen LogP contribution in [0.2, 0.25) is 0 Å². The molecule has 84 valence electrons. The molecule has 3 nitrogen and oxygen atoms in total. The third-order valence-electron chi connectivity index (χ3n) is 2.10. The average molecular weight is 293 g/mol. The summed E-state index contributed by atoms with van der Waals surface area (Å²) >= 11 is 3.15. The summed E-state index contributed by atoms with van der Waals surface area (Å²) in [6.07, 6.45) is 0. The Labute approximate surface area is 98.2 Å². The second-order valence-electron chi connectivity index (χ2n) is 3.64. The van der Waals surface area contributed by atoms with Gasteiger partial charge in [0, 0.05) is 0 Å². The van der Waals surface area contributed by atoms with E-state index >= 15 is 0 Å². The fraction of sp³-hybridized carbons (Fsp3) is 0.400. The van der Waals surface area contributed by atoms with Crippen LogP contribution in [0, 0.1) is 0 Å². The topological polar surface area (TPSA) is 54.4 Å². The minimum Gasteiger partial charge on any atom is -0.507 e. The number of hydrogen-bond acceptors (Lipinski definition) is 3. The predicted octanol–water partition coefficient (Wildman–Crippen LogP) is 2.48. The van der Waals surface area contributed by atoms with Gasteiger partial charge in [0.25, 0.3) is 0 Å². The highest BCUT2D eigenvalue weighted by molar-refractivity contribution is 9.10. The highest BCUT2D eigenvalue weighted by Gasteiger charge is 2.17. The first-order valence-electron chi connectivity index (χ1n) is 4.52. The van der Waals surface area contributed by atoms with Crippen LogP contribution in [0.4, 0.5) is 0 Å². The van der Waals surface area contributed by atoms with E-state index in [4.69, 9.17) is 0 Å². The van der Waals surface area contributed by atoms with Gasteiger partial charge in [-0.05, 0) is 47.5 Å². The average Bonchev–Trinajstić information content (AvgIpc) is 2.10. The molecule has 0 radical (unpaired) electrons. The second kappa shape index (κ2) is 4.53. The summed E-state index contributed by atoms with van der Waals surface area (Å²) < 4.78 is 23.7. The zero-order valence-corrected chi connectivity index (χ0v) is 11.0. The summed E-state index contributed by atoms with van der Waals surface area (Å²) in [6.45, 7) is 3.32. The Kier molecular flexibility index (Phi) is 3.78. The van der Waals surface area contributed by atoms with E-state index in [9.17, 15) is 13.5 Å². The summed E-state index contributed by atoms with van der Waals surface area (Å²) in [5, 5.41) is 8.87. The fourth-order valence-corrected chi connectivity index (χ4v) is 2.44. The molecule has 0 unspecified atom stereocenters. The maximum absolute atomic E-state index is 11.6. The molecule has 1 aromatic carbocycles. The normalized spacial score (nSPS) is 12.0. The van der Waals surface area contributed by atoms with E-state index in [1.54, 1.807) is 26.0 Å². The molecule has 0 atom stereocenters. The quantitative estimate of drug-likeness (QED) is 0.931.